The number of nitrogen functional groups attached to an aromatic ring is 1. The fourth-order valence-electron chi connectivity index (χ4n) is 3.27. The number of benzene rings is 1. The zero-order chi connectivity index (χ0) is 13.5. The van der Waals surface area contributed by atoms with Crippen LogP contribution < -0.4 is 5.73 Å². The van der Waals surface area contributed by atoms with E-state index >= 15 is 0 Å². The first kappa shape index (κ1) is 11.9. The Kier molecular flexibility index (Phi) is 2.76. The minimum absolute atomic E-state index is 0.357. The fraction of sp³-hybridized carbons (Fsp3) is 0.500. The van der Waals surface area contributed by atoms with Crippen molar-refractivity contribution < 1.29 is 0 Å². The van der Waals surface area contributed by atoms with Crippen molar-refractivity contribution in [2.24, 2.45) is 5.92 Å². The quantitative estimate of drug-likeness (QED) is 0.867. The van der Waals surface area contributed by atoms with E-state index in [0.717, 1.165) is 11.5 Å². The van der Waals surface area contributed by atoms with Crippen LogP contribution in [0.4, 0.5) is 5.69 Å². The summed E-state index contributed by atoms with van der Waals surface area (Å²) in [6, 6.07) is 8.92. The molecule has 104 valence electrons. The van der Waals surface area contributed by atoms with Gasteiger partial charge in [0.25, 0.3) is 0 Å². The van der Waals surface area contributed by atoms with Crippen LogP contribution in [0.15, 0.2) is 30.6 Å². The topological polar surface area (TPSA) is 56.7 Å². The molecule has 2 fully saturated rings. The molecule has 1 heterocycles. The summed E-state index contributed by atoms with van der Waals surface area (Å²) in [4.78, 5) is 0. The number of rotatable bonds is 4. The molecule has 4 nitrogen and oxygen atoms in total. The average Bonchev–Trinajstić information content (AvgIpc) is 3.12. The normalized spacial score (nSPS) is 20.6. The van der Waals surface area contributed by atoms with E-state index in [4.69, 9.17) is 5.73 Å². The van der Waals surface area contributed by atoms with Gasteiger partial charge in [-0.3, -0.25) is 0 Å². The summed E-state index contributed by atoms with van der Waals surface area (Å²) in [5.74, 6) is 2.19. The van der Waals surface area contributed by atoms with Crippen LogP contribution in [0.1, 0.15) is 55.5 Å². The molecule has 2 aliphatic rings. The van der Waals surface area contributed by atoms with Crippen molar-refractivity contribution >= 4 is 5.69 Å². The van der Waals surface area contributed by atoms with Crippen molar-refractivity contribution in [2.45, 2.75) is 44.1 Å². The van der Waals surface area contributed by atoms with Gasteiger partial charge in [0, 0.05) is 17.6 Å². The van der Waals surface area contributed by atoms with E-state index in [2.05, 4.69) is 26.9 Å². The van der Waals surface area contributed by atoms with Gasteiger partial charge in [-0.25, -0.2) is 0 Å². The third-order valence-corrected chi connectivity index (χ3v) is 4.71. The Balaban J connectivity index is 1.76. The van der Waals surface area contributed by atoms with Crippen molar-refractivity contribution in [3.8, 4) is 0 Å². The Morgan fingerprint density at radius 2 is 2.05 bits per heavy atom. The van der Waals surface area contributed by atoms with Crippen LogP contribution >= 0.6 is 0 Å². The maximum atomic E-state index is 5.98. The van der Waals surface area contributed by atoms with Gasteiger partial charge in [0.05, 0.1) is 0 Å². The SMILES string of the molecule is Nc1cccc(C(c2nncn2C2CC2)C2CCC2)c1. The molecule has 0 saturated heterocycles. The van der Waals surface area contributed by atoms with Crippen LogP contribution in [0.3, 0.4) is 0 Å². The molecule has 2 N–H and O–H groups in total. The molecular weight excluding hydrogens is 248 g/mol. The van der Waals surface area contributed by atoms with Crippen LogP contribution in [0.5, 0.6) is 0 Å². The summed E-state index contributed by atoms with van der Waals surface area (Å²) < 4.78 is 2.30. The van der Waals surface area contributed by atoms with Crippen LogP contribution in [0, 0.1) is 5.92 Å². The van der Waals surface area contributed by atoms with Gasteiger partial charge >= 0.3 is 0 Å². The second-order valence-corrected chi connectivity index (χ2v) is 6.17. The van der Waals surface area contributed by atoms with Gasteiger partial charge in [-0.15, -0.1) is 10.2 Å². The Labute approximate surface area is 119 Å². The predicted molar refractivity (Wildman–Crippen MR) is 78.3 cm³/mol. The first-order valence-corrected chi connectivity index (χ1v) is 7.58. The maximum absolute atomic E-state index is 5.98. The first-order valence-electron chi connectivity index (χ1n) is 7.58. The lowest BCUT2D eigenvalue weighted by molar-refractivity contribution is 0.273. The van der Waals surface area contributed by atoms with Crippen LogP contribution in [-0.2, 0) is 0 Å². The third-order valence-electron chi connectivity index (χ3n) is 4.71. The maximum Gasteiger partial charge on any atom is 0.140 e. The predicted octanol–water partition coefficient (Wildman–Crippen LogP) is 3.13. The molecule has 0 radical (unpaired) electrons. The molecule has 4 heteroatoms. The van der Waals surface area contributed by atoms with Gasteiger partial charge < -0.3 is 10.3 Å². The molecule has 2 aromatic rings. The van der Waals surface area contributed by atoms with Gasteiger partial charge in [-0.1, -0.05) is 18.6 Å². The van der Waals surface area contributed by atoms with E-state index in [0.29, 0.717) is 17.9 Å². The van der Waals surface area contributed by atoms with Crippen molar-refractivity contribution in [3.05, 3.63) is 42.0 Å². The van der Waals surface area contributed by atoms with Gasteiger partial charge in [0.2, 0.25) is 0 Å². The Bertz CT molecular complexity index is 610. The van der Waals surface area contributed by atoms with Crippen LogP contribution in [0.2, 0.25) is 0 Å². The lowest BCUT2D eigenvalue weighted by atomic mass is 9.72. The molecule has 1 unspecified atom stereocenters. The minimum atomic E-state index is 0.357. The highest BCUT2D eigenvalue weighted by Crippen LogP contribution is 2.45. The average molecular weight is 268 g/mol. The van der Waals surface area contributed by atoms with E-state index in [1.54, 1.807) is 0 Å². The molecule has 2 aliphatic carbocycles. The van der Waals surface area contributed by atoms with E-state index in [9.17, 15) is 0 Å². The Morgan fingerprint density at radius 1 is 1.20 bits per heavy atom. The summed E-state index contributed by atoms with van der Waals surface area (Å²) in [5.41, 5.74) is 8.11. The smallest absolute Gasteiger partial charge is 0.140 e. The fourth-order valence-corrected chi connectivity index (χ4v) is 3.27. The van der Waals surface area contributed by atoms with E-state index in [1.807, 2.05) is 18.5 Å². The van der Waals surface area contributed by atoms with Gasteiger partial charge in [-0.2, -0.15) is 0 Å². The standard InChI is InChI=1S/C16H20N4/c17-13-6-2-5-12(9-13)15(11-3-1-4-11)16-19-18-10-20(16)14-7-8-14/h2,5-6,9-11,14-15H,1,3-4,7-8,17H2. The number of aromatic nitrogens is 3. The molecule has 0 aliphatic heterocycles. The molecule has 20 heavy (non-hydrogen) atoms. The molecule has 4 rings (SSSR count). The summed E-state index contributed by atoms with van der Waals surface area (Å²) in [5, 5.41) is 8.63. The second kappa shape index (κ2) is 4.62. The van der Waals surface area contributed by atoms with E-state index < -0.39 is 0 Å². The van der Waals surface area contributed by atoms with Gasteiger partial charge in [0.15, 0.2) is 0 Å². The van der Waals surface area contributed by atoms with Gasteiger partial charge in [-0.05, 0) is 49.3 Å². The molecular formula is C16H20N4. The zero-order valence-electron chi connectivity index (χ0n) is 11.6. The number of nitrogens with zero attached hydrogens (tertiary/aromatic N) is 3. The molecule has 2 saturated carbocycles. The Morgan fingerprint density at radius 3 is 2.70 bits per heavy atom. The van der Waals surface area contributed by atoms with Crippen LogP contribution in [-0.4, -0.2) is 14.8 Å². The van der Waals surface area contributed by atoms with Gasteiger partial charge in [0.1, 0.15) is 12.2 Å². The highest BCUT2D eigenvalue weighted by molar-refractivity contribution is 5.43. The molecule has 1 atom stereocenters. The number of hydrogen-bond acceptors (Lipinski definition) is 3. The van der Waals surface area contributed by atoms with E-state index in [-0.39, 0.29) is 0 Å². The number of anilines is 1. The molecule has 0 spiro atoms. The third kappa shape index (κ3) is 1.99. The molecule has 1 aromatic carbocycles. The summed E-state index contributed by atoms with van der Waals surface area (Å²) in [6.07, 6.45) is 8.35. The summed E-state index contributed by atoms with van der Waals surface area (Å²) in [7, 11) is 0. The summed E-state index contributed by atoms with van der Waals surface area (Å²) in [6.45, 7) is 0. The largest absolute Gasteiger partial charge is 0.399 e. The molecule has 0 bridgehead atoms. The van der Waals surface area contributed by atoms with Crippen molar-refractivity contribution in [1.82, 2.24) is 14.8 Å². The highest BCUT2D eigenvalue weighted by atomic mass is 15.3. The van der Waals surface area contributed by atoms with Crippen molar-refractivity contribution in [1.29, 1.82) is 0 Å². The lowest BCUT2D eigenvalue weighted by Gasteiger charge is -2.33. The van der Waals surface area contributed by atoms with Crippen molar-refractivity contribution in [2.75, 3.05) is 5.73 Å². The van der Waals surface area contributed by atoms with Crippen molar-refractivity contribution in [3.63, 3.8) is 0 Å². The minimum Gasteiger partial charge on any atom is -0.399 e. The highest BCUT2D eigenvalue weighted by Gasteiger charge is 2.36. The number of nitrogens with two attached hydrogens (primary N) is 1. The second-order valence-electron chi connectivity index (χ2n) is 6.17. The zero-order valence-corrected chi connectivity index (χ0v) is 11.6. The molecule has 0 amide bonds. The number of hydrogen-bond donors (Lipinski definition) is 1. The summed E-state index contributed by atoms with van der Waals surface area (Å²) >= 11 is 0. The van der Waals surface area contributed by atoms with E-state index in [1.165, 1.54) is 37.7 Å². The Hall–Kier alpha value is -1.84. The monoisotopic (exact) mass is 268 g/mol. The molecule has 1 aromatic heterocycles. The van der Waals surface area contributed by atoms with Crippen LogP contribution in [0.25, 0.3) is 0 Å². The first-order chi connectivity index (χ1) is 9.83. The lowest BCUT2D eigenvalue weighted by Crippen LogP contribution is -2.24.